The van der Waals surface area contributed by atoms with Crippen LogP contribution < -0.4 is 10.1 Å². The van der Waals surface area contributed by atoms with Crippen molar-refractivity contribution in [2.75, 3.05) is 6.61 Å². The van der Waals surface area contributed by atoms with E-state index in [2.05, 4.69) is 10.3 Å². The highest BCUT2D eigenvalue weighted by atomic mass is 35.5. The van der Waals surface area contributed by atoms with E-state index in [-0.39, 0.29) is 51.5 Å². The number of aromatic nitrogens is 1. The van der Waals surface area contributed by atoms with Gasteiger partial charge in [0.1, 0.15) is 29.7 Å². The first-order valence-electron chi connectivity index (χ1n) is 10.2. The molecule has 0 atom stereocenters. The number of benzene rings is 2. The fourth-order valence-electron chi connectivity index (χ4n) is 5.05. The molecule has 1 N–H and O–H groups in total. The van der Waals surface area contributed by atoms with Gasteiger partial charge < -0.3 is 10.1 Å². The molecule has 3 aliphatic rings. The van der Waals surface area contributed by atoms with Crippen LogP contribution in [0.2, 0.25) is 5.02 Å². The first-order chi connectivity index (χ1) is 15.2. The molecule has 3 fully saturated rings. The highest BCUT2D eigenvalue weighted by Gasteiger charge is 2.68. The zero-order chi connectivity index (χ0) is 22.5. The predicted molar refractivity (Wildman–Crippen MR) is 115 cm³/mol. The number of ketones is 1. The molecular weight excluding hydrogens is 438 g/mol. The van der Waals surface area contributed by atoms with E-state index in [1.807, 2.05) is 0 Å². The normalized spacial score (nSPS) is 23.2. The fourth-order valence-corrected chi connectivity index (χ4v) is 5.16. The van der Waals surface area contributed by atoms with E-state index in [9.17, 15) is 18.4 Å². The largest absolute Gasteiger partial charge is 0.486 e. The summed E-state index contributed by atoms with van der Waals surface area (Å²) in [7, 11) is 0. The second-order valence-corrected chi connectivity index (χ2v) is 9.29. The smallest absolute Gasteiger partial charge is 0.270 e. The Kier molecular flexibility index (Phi) is 4.89. The summed E-state index contributed by atoms with van der Waals surface area (Å²) in [6.07, 6.45) is 2.55. The van der Waals surface area contributed by atoms with Crippen LogP contribution >= 0.6 is 11.6 Å². The van der Waals surface area contributed by atoms with Crippen LogP contribution in [0.3, 0.4) is 0 Å². The number of rotatable bonds is 7. The standard InChI is InChI=1S/C24H19ClF2N2O3/c25-18-4-3-17(8-19(18)27)32-10-16(30)9-23-11-24(12-23,13-23)29-22(31)21-5-1-14-7-15(26)2-6-20(14)28-21/h1-8H,9-13H2,(H,29,31). The van der Waals surface area contributed by atoms with Gasteiger partial charge in [0, 0.05) is 23.4 Å². The van der Waals surface area contributed by atoms with E-state index < -0.39 is 5.82 Å². The molecule has 6 rings (SSSR count). The van der Waals surface area contributed by atoms with Gasteiger partial charge in [-0.3, -0.25) is 9.59 Å². The second-order valence-electron chi connectivity index (χ2n) is 8.88. The topological polar surface area (TPSA) is 68.3 Å². The number of Topliss-reactive ketones (excluding diaryl/α,β-unsaturated/α-hetero) is 1. The zero-order valence-electron chi connectivity index (χ0n) is 17.0. The lowest BCUT2D eigenvalue weighted by molar-refractivity contribution is -0.162. The Balaban J connectivity index is 1.13. The Hall–Kier alpha value is -3.06. The number of amides is 1. The molecule has 3 saturated carbocycles. The second kappa shape index (κ2) is 7.52. The molecule has 164 valence electrons. The lowest BCUT2D eigenvalue weighted by Crippen LogP contribution is -2.75. The molecule has 1 aromatic heterocycles. The average Bonchev–Trinajstić information content (AvgIpc) is 2.71. The minimum Gasteiger partial charge on any atom is -0.486 e. The van der Waals surface area contributed by atoms with E-state index in [4.69, 9.17) is 16.3 Å². The van der Waals surface area contributed by atoms with Crippen molar-refractivity contribution in [3.05, 3.63) is 70.9 Å². The zero-order valence-corrected chi connectivity index (χ0v) is 17.7. The number of hydrogen-bond acceptors (Lipinski definition) is 4. The summed E-state index contributed by atoms with van der Waals surface area (Å²) >= 11 is 5.64. The van der Waals surface area contributed by atoms with Crippen LogP contribution in [-0.4, -0.2) is 28.8 Å². The minimum atomic E-state index is -0.596. The van der Waals surface area contributed by atoms with Crippen molar-refractivity contribution in [1.29, 1.82) is 0 Å². The third kappa shape index (κ3) is 3.81. The Morgan fingerprint density at radius 3 is 2.59 bits per heavy atom. The maximum absolute atomic E-state index is 13.5. The SMILES string of the molecule is O=C(COc1ccc(Cl)c(F)c1)CC12CC(NC(=O)c3ccc4cc(F)ccc4n3)(C1)C2. The van der Waals surface area contributed by atoms with Crippen molar-refractivity contribution in [2.45, 2.75) is 31.2 Å². The first kappa shape index (κ1) is 20.8. The monoisotopic (exact) mass is 456 g/mol. The summed E-state index contributed by atoms with van der Waals surface area (Å²) in [5.74, 6) is -1.03. The number of hydrogen-bond donors (Lipinski definition) is 1. The maximum Gasteiger partial charge on any atom is 0.270 e. The van der Waals surface area contributed by atoms with Crippen LogP contribution in [-0.2, 0) is 4.79 Å². The van der Waals surface area contributed by atoms with Crippen molar-refractivity contribution >= 4 is 34.2 Å². The van der Waals surface area contributed by atoms with E-state index in [0.29, 0.717) is 17.3 Å². The van der Waals surface area contributed by atoms with E-state index in [0.717, 1.165) is 25.3 Å². The molecule has 8 heteroatoms. The Morgan fingerprint density at radius 2 is 1.84 bits per heavy atom. The molecule has 2 aromatic carbocycles. The number of halogens is 3. The third-order valence-corrected chi connectivity index (χ3v) is 6.57. The van der Waals surface area contributed by atoms with Gasteiger partial charge >= 0.3 is 0 Å². The van der Waals surface area contributed by atoms with E-state index in [1.54, 1.807) is 18.2 Å². The van der Waals surface area contributed by atoms with Crippen LogP contribution in [0.5, 0.6) is 5.75 Å². The van der Waals surface area contributed by atoms with Crippen molar-refractivity contribution in [3.8, 4) is 5.75 Å². The molecule has 3 aromatic rings. The van der Waals surface area contributed by atoms with Crippen molar-refractivity contribution in [1.82, 2.24) is 10.3 Å². The molecule has 2 bridgehead atoms. The summed E-state index contributed by atoms with van der Waals surface area (Å²) in [6.45, 7) is -0.135. The lowest BCUT2D eigenvalue weighted by atomic mass is 9.38. The molecule has 0 saturated heterocycles. The van der Waals surface area contributed by atoms with Crippen LogP contribution in [0, 0.1) is 17.0 Å². The number of carbonyl (C=O) groups is 2. The van der Waals surface area contributed by atoms with Gasteiger partial charge in [0.25, 0.3) is 5.91 Å². The number of ether oxygens (including phenoxy) is 1. The third-order valence-electron chi connectivity index (χ3n) is 6.27. The molecule has 0 aliphatic heterocycles. The average molecular weight is 457 g/mol. The van der Waals surface area contributed by atoms with Crippen molar-refractivity contribution in [3.63, 3.8) is 0 Å². The highest BCUT2D eigenvalue weighted by molar-refractivity contribution is 6.30. The molecular formula is C24H19ClF2N2O3. The maximum atomic E-state index is 13.5. The summed E-state index contributed by atoms with van der Waals surface area (Å²) < 4.78 is 32.1. The van der Waals surface area contributed by atoms with Gasteiger partial charge in [-0.25, -0.2) is 13.8 Å². The van der Waals surface area contributed by atoms with Gasteiger partial charge in [0.15, 0.2) is 5.78 Å². The van der Waals surface area contributed by atoms with Crippen molar-refractivity contribution in [2.24, 2.45) is 5.41 Å². The molecule has 3 aliphatic carbocycles. The molecule has 32 heavy (non-hydrogen) atoms. The summed E-state index contributed by atoms with van der Waals surface area (Å²) in [5, 5.41) is 3.68. The number of nitrogens with zero attached hydrogens (tertiary/aromatic N) is 1. The van der Waals surface area contributed by atoms with Crippen LogP contribution in [0.1, 0.15) is 36.2 Å². The number of carbonyl (C=O) groups excluding carboxylic acids is 2. The minimum absolute atomic E-state index is 0.00215. The van der Waals surface area contributed by atoms with Gasteiger partial charge in [-0.2, -0.15) is 0 Å². The number of nitrogens with one attached hydrogen (secondary N) is 1. The molecule has 0 spiro atoms. The first-order valence-corrected chi connectivity index (χ1v) is 10.6. The van der Waals surface area contributed by atoms with E-state index in [1.165, 1.54) is 24.3 Å². The van der Waals surface area contributed by atoms with Crippen LogP contribution in [0.25, 0.3) is 10.9 Å². The highest BCUT2D eigenvalue weighted by Crippen LogP contribution is 2.69. The van der Waals surface area contributed by atoms with Gasteiger partial charge in [0.2, 0.25) is 0 Å². The molecule has 1 heterocycles. The predicted octanol–water partition coefficient (Wildman–Crippen LogP) is 4.86. The van der Waals surface area contributed by atoms with Gasteiger partial charge in [0.05, 0.1) is 10.5 Å². The molecule has 0 radical (unpaired) electrons. The van der Waals surface area contributed by atoms with Gasteiger partial charge in [-0.1, -0.05) is 17.7 Å². The summed E-state index contributed by atoms with van der Waals surface area (Å²) in [5.41, 5.74) is 0.436. The van der Waals surface area contributed by atoms with Crippen LogP contribution in [0.15, 0.2) is 48.5 Å². The lowest BCUT2D eigenvalue weighted by Gasteiger charge is -2.70. The van der Waals surface area contributed by atoms with Crippen LogP contribution in [0.4, 0.5) is 8.78 Å². The van der Waals surface area contributed by atoms with Gasteiger partial charge in [-0.05, 0) is 61.1 Å². The quantitative estimate of drug-likeness (QED) is 0.551. The van der Waals surface area contributed by atoms with Crippen molar-refractivity contribution < 1.29 is 23.1 Å². The summed E-state index contributed by atoms with van der Waals surface area (Å²) in [4.78, 5) is 29.3. The molecule has 1 amide bonds. The number of fused-ring (bicyclic) bond motifs is 1. The molecule has 0 unspecified atom stereocenters. The fraction of sp³-hybridized carbons (Fsp3) is 0.292. The Morgan fingerprint density at radius 1 is 1.06 bits per heavy atom. The number of pyridine rings is 1. The molecule has 5 nitrogen and oxygen atoms in total. The van der Waals surface area contributed by atoms with E-state index >= 15 is 0 Å². The Bertz CT molecular complexity index is 1240. The van der Waals surface area contributed by atoms with Gasteiger partial charge in [-0.15, -0.1) is 0 Å². The summed E-state index contributed by atoms with van der Waals surface area (Å²) in [6, 6.07) is 11.5. The Labute approximate surface area is 187 Å².